The van der Waals surface area contributed by atoms with Crippen molar-refractivity contribution in [3.8, 4) is 16.9 Å². The molecule has 0 spiro atoms. The zero-order chi connectivity index (χ0) is 38.7. The van der Waals surface area contributed by atoms with Crippen LogP contribution in [0, 0.1) is 21.0 Å². The van der Waals surface area contributed by atoms with Gasteiger partial charge in [-0.25, -0.2) is 0 Å². The average molecular weight is 839 g/mol. The summed E-state index contributed by atoms with van der Waals surface area (Å²) in [6.07, 6.45) is 0. The minimum absolute atomic E-state index is 0.184. The van der Waals surface area contributed by atoms with Gasteiger partial charge >= 0.3 is 58.2 Å². The molecule has 0 radical (unpaired) electrons. The van der Waals surface area contributed by atoms with Crippen LogP contribution in [0.15, 0.2) is 48.5 Å². The molecule has 14 heteroatoms. The third kappa shape index (κ3) is 9.76. The average Bonchev–Trinajstić information content (AvgIpc) is 2.95. The van der Waals surface area contributed by atoms with E-state index < -0.39 is 68.8 Å². The molecule has 0 amide bonds. The van der Waals surface area contributed by atoms with Crippen molar-refractivity contribution in [3.05, 3.63) is 77.9 Å². The second kappa shape index (κ2) is 14.3. The van der Waals surface area contributed by atoms with E-state index in [2.05, 4.69) is 59.7 Å². The lowest BCUT2D eigenvalue weighted by Gasteiger charge is -2.40. The minimum atomic E-state index is -5.93. The van der Waals surface area contributed by atoms with Crippen molar-refractivity contribution >= 4 is 36.9 Å². The molecule has 0 aliphatic carbocycles. The van der Waals surface area contributed by atoms with Gasteiger partial charge in [-0.3, -0.25) is 0 Å². The number of hydrogen-bond acceptors (Lipinski definition) is 6. The highest BCUT2D eigenvalue weighted by Crippen LogP contribution is 2.38. The predicted octanol–water partition coefficient (Wildman–Crippen LogP) is 6.26. The van der Waals surface area contributed by atoms with Crippen LogP contribution in [0.3, 0.4) is 0 Å². The monoisotopic (exact) mass is 839 g/mol. The highest BCUT2D eigenvalue weighted by atomic mass is 127. The second-order valence-electron chi connectivity index (χ2n) is 17.6. The van der Waals surface area contributed by atoms with Gasteiger partial charge in [0.05, 0.1) is 0 Å². The van der Waals surface area contributed by atoms with E-state index in [0.717, 1.165) is 25.8 Å². The van der Waals surface area contributed by atoms with Gasteiger partial charge in [0.15, 0.2) is 5.75 Å². The fourth-order valence-electron chi connectivity index (χ4n) is 5.46. The van der Waals surface area contributed by atoms with Crippen LogP contribution in [0.5, 0.6) is 5.75 Å². The molecule has 6 nitrogen and oxygen atoms in total. The lowest BCUT2D eigenvalue weighted by molar-refractivity contribution is -0.596. The smallest absolute Gasteiger partial charge is 0.452 e. The molecule has 3 aromatic rings. The topological polar surface area (TPSA) is 71.1 Å². The van der Waals surface area contributed by atoms with E-state index in [1.54, 1.807) is 13.8 Å². The van der Waals surface area contributed by atoms with Crippen molar-refractivity contribution in [2.24, 2.45) is 0 Å². The van der Waals surface area contributed by atoms with Gasteiger partial charge in [0.1, 0.15) is 0 Å². The molecular formula is C37H50B3F3IO6S+. The molecule has 1 fully saturated rings. The van der Waals surface area contributed by atoms with Gasteiger partial charge in [-0.2, -0.15) is 21.6 Å². The van der Waals surface area contributed by atoms with Crippen LogP contribution >= 0.6 is 0 Å². The fourth-order valence-corrected chi connectivity index (χ4v) is 9.25. The van der Waals surface area contributed by atoms with Crippen molar-refractivity contribution in [2.75, 3.05) is 0 Å². The molecule has 276 valence electrons. The standard InChI is InChI=1S/C37H50B3F3IO6S/c1-23-18-24(2)31(30(19-23)47-51(45,46)37(41,42)43)44-32-28(25-20-26(33(3,4)5)22-27(21-25)34(6,7)8)16-15-17-29(32)38-48-39(35(9,10)11)50-40(49-38)36(12,13)14/h15-22H,1-14H3/q+1. The van der Waals surface area contributed by atoms with Gasteiger partial charge in [0, 0.05) is 16.6 Å². The van der Waals surface area contributed by atoms with Crippen molar-refractivity contribution in [1.29, 1.82) is 0 Å². The van der Waals surface area contributed by atoms with E-state index in [4.69, 9.17) is 17.9 Å². The zero-order valence-corrected chi connectivity index (χ0v) is 35.2. The normalized spacial score (nSPS) is 15.4. The first-order chi connectivity index (χ1) is 23.0. The Labute approximate surface area is 314 Å². The lowest BCUT2D eigenvalue weighted by Crippen LogP contribution is -3.62. The maximum Gasteiger partial charge on any atom is 0.534 e. The number of halogens is 4. The molecule has 0 atom stereocenters. The van der Waals surface area contributed by atoms with E-state index in [-0.39, 0.29) is 16.6 Å². The Bertz CT molecular complexity index is 1820. The van der Waals surface area contributed by atoms with Crippen molar-refractivity contribution in [2.45, 2.75) is 124 Å². The van der Waals surface area contributed by atoms with Crippen LogP contribution in [-0.4, -0.2) is 35.3 Å². The van der Waals surface area contributed by atoms with E-state index in [1.165, 1.54) is 6.07 Å². The molecule has 1 aliphatic rings. The Morgan fingerprint density at radius 2 is 1.20 bits per heavy atom. The summed E-state index contributed by atoms with van der Waals surface area (Å²) in [7, 11) is -8.09. The minimum Gasteiger partial charge on any atom is -0.452 e. The second-order valence-corrected chi connectivity index (χ2v) is 21.9. The highest BCUT2D eigenvalue weighted by molar-refractivity contribution is 7.88. The molecule has 1 heterocycles. The van der Waals surface area contributed by atoms with Crippen LogP contribution in [0.2, 0.25) is 10.6 Å². The number of hydrogen-bond donors (Lipinski definition) is 0. The highest BCUT2D eigenvalue weighted by Gasteiger charge is 2.53. The van der Waals surface area contributed by atoms with Crippen molar-refractivity contribution < 1.29 is 60.7 Å². The number of rotatable bonds is 6. The van der Waals surface area contributed by atoms with Crippen LogP contribution < -0.4 is 30.9 Å². The summed E-state index contributed by atoms with van der Waals surface area (Å²) < 4.78 is 91.4. The molecule has 1 saturated heterocycles. The molecule has 0 saturated carbocycles. The van der Waals surface area contributed by atoms with Gasteiger partial charge in [0.25, 0.3) is 0 Å². The third-order valence-corrected chi connectivity index (χ3v) is 13.1. The van der Waals surface area contributed by atoms with E-state index in [9.17, 15) is 21.6 Å². The van der Waals surface area contributed by atoms with E-state index in [0.29, 0.717) is 20.2 Å². The third-order valence-electron chi connectivity index (χ3n) is 8.45. The maximum absolute atomic E-state index is 13.7. The molecular weight excluding hydrogens is 789 g/mol. The van der Waals surface area contributed by atoms with Gasteiger partial charge in [-0.15, -0.1) is 0 Å². The summed E-state index contributed by atoms with van der Waals surface area (Å²) in [4.78, 5) is 0. The van der Waals surface area contributed by atoms with Gasteiger partial charge in [-0.1, -0.05) is 119 Å². The summed E-state index contributed by atoms with van der Waals surface area (Å²) >= 11 is -1.44. The largest absolute Gasteiger partial charge is 0.534 e. The molecule has 0 unspecified atom stereocenters. The Kier molecular flexibility index (Phi) is 11.7. The first-order valence-electron chi connectivity index (χ1n) is 17.0. The van der Waals surface area contributed by atoms with Crippen molar-refractivity contribution in [3.63, 3.8) is 0 Å². The lowest BCUT2D eigenvalue weighted by atomic mass is 9.50. The first kappa shape index (κ1) is 41.8. The molecule has 3 aromatic carbocycles. The summed E-state index contributed by atoms with van der Waals surface area (Å²) in [5, 5.41) is -0.830. The summed E-state index contributed by atoms with van der Waals surface area (Å²) in [6.45, 7) is 28.6. The van der Waals surface area contributed by atoms with Crippen LogP contribution in [0.4, 0.5) is 13.2 Å². The number of benzene rings is 3. The predicted molar refractivity (Wildman–Crippen MR) is 198 cm³/mol. The van der Waals surface area contributed by atoms with Crippen molar-refractivity contribution in [1.82, 2.24) is 0 Å². The Balaban J connectivity index is 2.06. The molecule has 0 N–H and O–H groups in total. The number of aryl methyl sites for hydroxylation is 2. The zero-order valence-electron chi connectivity index (χ0n) is 32.2. The molecule has 4 rings (SSSR count). The fraction of sp³-hybridized carbons (Fsp3) is 0.514. The summed E-state index contributed by atoms with van der Waals surface area (Å²) in [5.74, 6) is -0.328. The van der Waals surface area contributed by atoms with E-state index >= 15 is 0 Å². The number of alkyl halides is 3. The SMILES string of the molecule is Cc1cc(C)c([I+]c2c(B3OB(C(C)(C)C)OB(C(C)(C)C)O3)cccc2-c2cc(C(C)(C)C)cc(C(C)(C)C)c2)c(OS(=O)(=O)C(F)(F)F)c1. The summed E-state index contributed by atoms with van der Waals surface area (Å²) in [5.41, 5.74) is 0.00597. The molecule has 1 aliphatic heterocycles. The van der Waals surface area contributed by atoms with Gasteiger partial charge in [-0.05, 0) is 69.7 Å². The van der Waals surface area contributed by atoms with Crippen LogP contribution in [-0.2, 0) is 34.7 Å². The van der Waals surface area contributed by atoms with Crippen LogP contribution in [0.1, 0.15) is 105 Å². The molecule has 51 heavy (non-hydrogen) atoms. The molecule has 0 aromatic heterocycles. The van der Waals surface area contributed by atoms with Crippen LogP contribution in [0.25, 0.3) is 11.1 Å². The summed E-state index contributed by atoms with van der Waals surface area (Å²) in [6, 6.07) is 15.6. The Morgan fingerprint density at radius 3 is 1.65 bits per heavy atom. The maximum atomic E-state index is 13.7. The van der Waals surface area contributed by atoms with E-state index in [1.807, 2.05) is 65.8 Å². The molecule has 0 bridgehead atoms. The quantitative estimate of drug-likeness (QED) is 0.127. The Morgan fingerprint density at radius 1 is 0.686 bits per heavy atom. The van der Waals surface area contributed by atoms with Gasteiger partial charge < -0.3 is 17.9 Å². The first-order valence-corrected chi connectivity index (χ1v) is 20.6. The Hall–Kier alpha value is -2.00. The van der Waals surface area contributed by atoms with Gasteiger partial charge in [0.2, 0.25) is 7.14 Å².